The Hall–Kier alpha value is -3.55. The molecule has 0 unspecified atom stereocenters. The molecule has 1 aromatic heterocycles. The van der Waals surface area contributed by atoms with E-state index in [2.05, 4.69) is 34.4 Å². The van der Waals surface area contributed by atoms with Gasteiger partial charge in [0.05, 0.1) is 13.2 Å². The maximum Gasteiger partial charge on any atom is 0.233 e. The van der Waals surface area contributed by atoms with Crippen molar-refractivity contribution in [1.29, 1.82) is 0 Å². The highest BCUT2D eigenvalue weighted by atomic mass is 16.5. The highest BCUT2D eigenvalue weighted by Gasteiger charge is 2.24. The summed E-state index contributed by atoms with van der Waals surface area (Å²) in [6, 6.07) is 15.6. The summed E-state index contributed by atoms with van der Waals surface area (Å²) in [5.41, 5.74) is 1.76. The Morgan fingerprint density at radius 1 is 0.735 bits per heavy atom. The lowest BCUT2D eigenvalue weighted by atomic mass is 9.92. The third-order valence-electron chi connectivity index (χ3n) is 5.62. The standard InChI is InChI=1S/C26H34N6O2/c1-5-33-22-11-7-20(8-12-22)27-24-29-25(28-21-9-13-23(14-10-21)34-6-2)31-26(30-24)32-16-18(3)15-19(4)17-32/h7-14,18-19H,5-6,15-17H2,1-4H3,(H2,27,28,29,30,31)/t18-,19-/m1/s1. The van der Waals surface area contributed by atoms with E-state index in [1.807, 2.05) is 62.4 Å². The average molecular weight is 463 g/mol. The number of piperidine rings is 1. The molecule has 1 fully saturated rings. The van der Waals surface area contributed by atoms with Crippen molar-refractivity contribution < 1.29 is 9.47 Å². The van der Waals surface area contributed by atoms with E-state index in [9.17, 15) is 0 Å². The fourth-order valence-electron chi connectivity index (χ4n) is 4.30. The number of aromatic nitrogens is 3. The van der Waals surface area contributed by atoms with Gasteiger partial charge in [0.2, 0.25) is 17.8 Å². The molecule has 8 nitrogen and oxygen atoms in total. The van der Waals surface area contributed by atoms with Crippen LogP contribution in [0.2, 0.25) is 0 Å². The van der Waals surface area contributed by atoms with E-state index in [1.165, 1.54) is 6.42 Å². The van der Waals surface area contributed by atoms with Gasteiger partial charge in [-0.3, -0.25) is 0 Å². The fourth-order valence-corrected chi connectivity index (χ4v) is 4.30. The SMILES string of the molecule is CCOc1ccc(Nc2nc(Nc3ccc(OCC)cc3)nc(N3C[C@H](C)C[C@@H](C)C3)n2)cc1. The van der Waals surface area contributed by atoms with E-state index < -0.39 is 0 Å². The van der Waals surface area contributed by atoms with Gasteiger partial charge >= 0.3 is 0 Å². The number of nitrogens with zero attached hydrogens (tertiary/aromatic N) is 4. The Morgan fingerprint density at radius 3 is 1.59 bits per heavy atom. The number of benzene rings is 2. The Bertz CT molecular complexity index is 978. The largest absolute Gasteiger partial charge is 0.494 e. The molecule has 0 radical (unpaired) electrons. The summed E-state index contributed by atoms with van der Waals surface area (Å²) in [5, 5.41) is 6.65. The molecule has 4 rings (SSSR count). The van der Waals surface area contributed by atoms with Gasteiger partial charge in [-0.15, -0.1) is 0 Å². The molecule has 0 bridgehead atoms. The van der Waals surface area contributed by atoms with Crippen molar-refractivity contribution in [3.05, 3.63) is 48.5 Å². The van der Waals surface area contributed by atoms with Gasteiger partial charge in [0, 0.05) is 24.5 Å². The van der Waals surface area contributed by atoms with E-state index in [0.29, 0.717) is 42.9 Å². The lowest BCUT2D eigenvalue weighted by Crippen LogP contribution is -2.39. The molecule has 2 atom stereocenters. The lowest BCUT2D eigenvalue weighted by molar-refractivity contribution is 0.340. The second-order valence-electron chi connectivity index (χ2n) is 8.80. The molecule has 180 valence electrons. The van der Waals surface area contributed by atoms with Crippen LogP contribution in [-0.4, -0.2) is 41.3 Å². The Morgan fingerprint density at radius 2 is 1.18 bits per heavy atom. The van der Waals surface area contributed by atoms with Crippen LogP contribution in [0.15, 0.2) is 48.5 Å². The van der Waals surface area contributed by atoms with Crippen LogP contribution in [-0.2, 0) is 0 Å². The first-order chi connectivity index (χ1) is 16.5. The number of rotatable bonds is 9. The third kappa shape index (κ3) is 6.27. The number of hydrogen-bond acceptors (Lipinski definition) is 8. The van der Waals surface area contributed by atoms with Crippen molar-refractivity contribution in [2.45, 2.75) is 34.1 Å². The van der Waals surface area contributed by atoms with Crippen LogP contribution in [0, 0.1) is 11.8 Å². The zero-order chi connectivity index (χ0) is 23.9. The third-order valence-corrected chi connectivity index (χ3v) is 5.62. The van der Waals surface area contributed by atoms with Crippen molar-refractivity contribution in [3.63, 3.8) is 0 Å². The smallest absolute Gasteiger partial charge is 0.233 e. The second-order valence-corrected chi connectivity index (χ2v) is 8.80. The molecule has 2 aromatic carbocycles. The molecule has 1 aliphatic rings. The number of nitrogens with one attached hydrogen (secondary N) is 2. The summed E-state index contributed by atoms with van der Waals surface area (Å²) >= 11 is 0. The molecule has 0 spiro atoms. The first kappa shape index (κ1) is 23.6. The molecule has 2 heterocycles. The average Bonchev–Trinajstić information content (AvgIpc) is 2.81. The maximum absolute atomic E-state index is 5.54. The van der Waals surface area contributed by atoms with E-state index in [1.54, 1.807) is 0 Å². The number of ether oxygens (including phenoxy) is 2. The summed E-state index contributed by atoms with van der Waals surface area (Å²) in [7, 11) is 0. The summed E-state index contributed by atoms with van der Waals surface area (Å²) in [6.45, 7) is 11.6. The van der Waals surface area contributed by atoms with E-state index in [4.69, 9.17) is 19.4 Å². The molecule has 8 heteroatoms. The zero-order valence-electron chi connectivity index (χ0n) is 20.4. The predicted molar refractivity (Wildman–Crippen MR) is 137 cm³/mol. The summed E-state index contributed by atoms with van der Waals surface area (Å²) in [6.07, 6.45) is 1.22. The summed E-state index contributed by atoms with van der Waals surface area (Å²) in [5.74, 6) is 4.50. The molecule has 0 amide bonds. The molecular weight excluding hydrogens is 428 g/mol. The molecule has 0 aliphatic carbocycles. The molecule has 1 aliphatic heterocycles. The van der Waals surface area contributed by atoms with Crippen molar-refractivity contribution >= 4 is 29.2 Å². The van der Waals surface area contributed by atoms with E-state index >= 15 is 0 Å². The number of hydrogen-bond donors (Lipinski definition) is 2. The molecular formula is C26H34N6O2. The van der Waals surface area contributed by atoms with Crippen LogP contribution in [0.25, 0.3) is 0 Å². The second kappa shape index (κ2) is 11.0. The Kier molecular flexibility index (Phi) is 7.67. The quantitative estimate of drug-likeness (QED) is 0.423. The minimum Gasteiger partial charge on any atom is -0.494 e. The van der Waals surface area contributed by atoms with Crippen LogP contribution in [0.5, 0.6) is 11.5 Å². The number of anilines is 5. The highest BCUT2D eigenvalue weighted by Crippen LogP contribution is 2.27. The Balaban J connectivity index is 1.60. The fraction of sp³-hybridized carbons (Fsp3) is 0.423. The topological polar surface area (TPSA) is 84.4 Å². The van der Waals surface area contributed by atoms with Gasteiger partial charge in [0.15, 0.2) is 0 Å². The van der Waals surface area contributed by atoms with Gasteiger partial charge in [0.1, 0.15) is 11.5 Å². The summed E-state index contributed by atoms with van der Waals surface area (Å²) in [4.78, 5) is 16.4. The van der Waals surface area contributed by atoms with E-state index in [-0.39, 0.29) is 0 Å². The highest BCUT2D eigenvalue weighted by molar-refractivity contribution is 5.60. The van der Waals surface area contributed by atoms with Gasteiger partial charge in [-0.05, 0) is 80.6 Å². The zero-order valence-corrected chi connectivity index (χ0v) is 20.4. The predicted octanol–water partition coefficient (Wildman–Crippen LogP) is 5.64. The van der Waals surface area contributed by atoms with Crippen molar-refractivity contribution in [3.8, 4) is 11.5 Å². The molecule has 0 saturated carbocycles. The van der Waals surface area contributed by atoms with Crippen molar-refractivity contribution in [2.24, 2.45) is 11.8 Å². The Labute approximate surface area is 201 Å². The van der Waals surface area contributed by atoms with Gasteiger partial charge < -0.3 is 25.0 Å². The minimum absolute atomic E-state index is 0.494. The van der Waals surface area contributed by atoms with E-state index in [0.717, 1.165) is 36.0 Å². The summed E-state index contributed by atoms with van der Waals surface area (Å²) < 4.78 is 11.1. The molecule has 1 saturated heterocycles. The maximum atomic E-state index is 5.54. The minimum atomic E-state index is 0.494. The van der Waals surface area contributed by atoms with Gasteiger partial charge in [-0.25, -0.2) is 0 Å². The van der Waals surface area contributed by atoms with Crippen LogP contribution in [0.3, 0.4) is 0 Å². The van der Waals surface area contributed by atoms with Gasteiger partial charge in [-0.1, -0.05) is 13.8 Å². The monoisotopic (exact) mass is 462 g/mol. The normalized spacial score (nSPS) is 17.8. The first-order valence-electron chi connectivity index (χ1n) is 12.0. The van der Waals surface area contributed by atoms with Crippen LogP contribution in [0.1, 0.15) is 34.1 Å². The molecule has 3 aromatic rings. The van der Waals surface area contributed by atoms with Crippen molar-refractivity contribution in [1.82, 2.24) is 15.0 Å². The van der Waals surface area contributed by atoms with Gasteiger partial charge in [-0.2, -0.15) is 15.0 Å². The van der Waals surface area contributed by atoms with Crippen LogP contribution < -0.4 is 25.0 Å². The molecule has 2 N–H and O–H groups in total. The first-order valence-corrected chi connectivity index (χ1v) is 12.0. The molecule has 34 heavy (non-hydrogen) atoms. The lowest BCUT2D eigenvalue weighted by Gasteiger charge is -2.35. The van der Waals surface area contributed by atoms with Gasteiger partial charge in [0.25, 0.3) is 0 Å². The van der Waals surface area contributed by atoms with Crippen LogP contribution >= 0.6 is 0 Å². The van der Waals surface area contributed by atoms with Crippen LogP contribution in [0.4, 0.5) is 29.2 Å². The van der Waals surface area contributed by atoms with Crippen molar-refractivity contribution in [2.75, 3.05) is 41.8 Å².